The van der Waals surface area contributed by atoms with Gasteiger partial charge in [0.05, 0.1) is 0 Å². The normalized spacial score (nSPS) is 14.5. The molecule has 0 aromatic carbocycles. The van der Waals surface area contributed by atoms with E-state index in [2.05, 4.69) is 58.8 Å². The number of hydrazone groups is 1. The third-order valence-corrected chi connectivity index (χ3v) is 2.37. The van der Waals surface area contributed by atoms with E-state index >= 15 is 0 Å². The van der Waals surface area contributed by atoms with E-state index in [1.165, 1.54) is 0 Å². The Bertz CT molecular complexity index is 233. The summed E-state index contributed by atoms with van der Waals surface area (Å²) in [6.07, 6.45) is 0.845. The summed E-state index contributed by atoms with van der Waals surface area (Å²) in [5, 5.41) is 3.45. The Balaban J connectivity index is 4.75. The fourth-order valence-corrected chi connectivity index (χ4v) is 1.56. The minimum Gasteiger partial charge on any atom is -0.273 e. The molecular weight excluding hydrogens is 188 g/mol. The maximum atomic E-state index is 11.8. The van der Waals surface area contributed by atoms with Gasteiger partial charge in [0.2, 0.25) is 5.91 Å². The van der Waals surface area contributed by atoms with Crippen molar-refractivity contribution in [1.82, 2.24) is 5.43 Å². The molecule has 0 aromatic heterocycles. The predicted octanol–water partition coefficient (Wildman–Crippen LogP) is 2.82. The average Bonchev–Trinajstić information content (AvgIpc) is 1.97. The molecule has 1 N–H and O–H groups in total. The first-order chi connectivity index (χ1) is 6.58. The molecule has 0 saturated carbocycles. The molecule has 0 heterocycles. The van der Waals surface area contributed by atoms with E-state index in [-0.39, 0.29) is 22.7 Å². The van der Waals surface area contributed by atoms with Crippen LogP contribution in [0.25, 0.3) is 0 Å². The fraction of sp³-hybridized carbons (Fsp3) is 0.833. The van der Waals surface area contributed by atoms with Crippen molar-refractivity contribution in [3.63, 3.8) is 0 Å². The lowest BCUT2D eigenvalue weighted by atomic mass is 9.72. The summed E-state index contributed by atoms with van der Waals surface area (Å²) in [7, 11) is 0. The number of amides is 1. The fourth-order valence-electron chi connectivity index (χ4n) is 1.56. The van der Waals surface area contributed by atoms with Gasteiger partial charge in [-0.2, -0.15) is 5.10 Å². The Morgan fingerprint density at radius 2 is 1.73 bits per heavy atom. The lowest BCUT2D eigenvalue weighted by molar-refractivity contribution is -0.129. The van der Waals surface area contributed by atoms with Gasteiger partial charge in [-0.3, -0.25) is 4.79 Å². The van der Waals surface area contributed by atoms with Crippen LogP contribution < -0.4 is 5.43 Å². The summed E-state index contributed by atoms with van der Waals surface area (Å²) in [5.41, 5.74) is 2.53. The Kier molecular flexibility index (Phi) is 4.50. The van der Waals surface area contributed by atoms with Crippen LogP contribution in [0.1, 0.15) is 48.0 Å². The molecule has 0 rings (SSSR count). The van der Waals surface area contributed by atoms with E-state index in [4.69, 9.17) is 0 Å². The predicted molar refractivity (Wildman–Crippen MR) is 64.7 cm³/mol. The van der Waals surface area contributed by atoms with Crippen LogP contribution in [-0.4, -0.2) is 12.6 Å². The van der Waals surface area contributed by atoms with Crippen LogP contribution in [0.15, 0.2) is 5.10 Å². The van der Waals surface area contributed by atoms with Crippen LogP contribution in [0.2, 0.25) is 0 Å². The SMILES string of the molecule is C=NNC(=O)C(CC(C)(C)C)C(C)(C)C. The Morgan fingerprint density at radius 3 is 2.00 bits per heavy atom. The number of nitrogens with zero attached hydrogens (tertiary/aromatic N) is 1. The van der Waals surface area contributed by atoms with Crippen molar-refractivity contribution in [2.45, 2.75) is 48.0 Å². The second-order valence-corrected chi connectivity index (χ2v) is 6.32. The zero-order chi connectivity index (χ0) is 12.3. The summed E-state index contributed by atoms with van der Waals surface area (Å²) in [6.45, 7) is 15.9. The largest absolute Gasteiger partial charge is 0.273 e. The van der Waals surface area contributed by atoms with Gasteiger partial charge < -0.3 is 0 Å². The highest BCUT2D eigenvalue weighted by Gasteiger charge is 2.34. The third-order valence-electron chi connectivity index (χ3n) is 2.37. The van der Waals surface area contributed by atoms with Crippen molar-refractivity contribution in [2.24, 2.45) is 21.8 Å². The number of hydrogen-bond donors (Lipinski definition) is 1. The van der Waals surface area contributed by atoms with Gasteiger partial charge in [-0.1, -0.05) is 41.5 Å². The molecule has 1 amide bonds. The van der Waals surface area contributed by atoms with Crippen LogP contribution >= 0.6 is 0 Å². The van der Waals surface area contributed by atoms with E-state index in [1.807, 2.05) is 0 Å². The summed E-state index contributed by atoms with van der Waals surface area (Å²) in [4.78, 5) is 11.8. The molecule has 0 fully saturated rings. The van der Waals surface area contributed by atoms with Crippen molar-refractivity contribution in [1.29, 1.82) is 0 Å². The molecule has 0 aromatic rings. The van der Waals surface area contributed by atoms with Crippen LogP contribution in [0.4, 0.5) is 0 Å². The second kappa shape index (κ2) is 4.77. The van der Waals surface area contributed by atoms with Crippen LogP contribution in [0.5, 0.6) is 0 Å². The third kappa shape index (κ3) is 5.55. The highest BCUT2D eigenvalue weighted by Crippen LogP contribution is 2.35. The molecule has 0 radical (unpaired) electrons. The molecule has 0 bridgehead atoms. The van der Waals surface area contributed by atoms with Gasteiger partial charge >= 0.3 is 0 Å². The van der Waals surface area contributed by atoms with Crippen LogP contribution in [-0.2, 0) is 4.79 Å². The number of carbonyl (C=O) groups is 1. The number of carbonyl (C=O) groups excluding carboxylic acids is 1. The number of nitrogens with one attached hydrogen (secondary N) is 1. The highest BCUT2D eigenvalue weighted by molar-refractivity contribution is 5.79. The van der Waals surface area contributed by atoms with E-state index in [9.17, 15) is 4.79 Å². The van der Waals surface area contributed by atoms with Gasteiger partial charge in [0.15, 0.2) is 0 Å². The molecule has 0 spiro atoms. The minimum absolute atomic E-state index is 0.0348. The summed E-state index contributed by atoms with van der Waals surface area (Å²) < 4.78 is 0. The maximum absolute atomic E-state index is 11.8. The van der Waals surface area contributed by atoms with Crippen molar-refractivity contribution in [3.8, 4) is 0 Å². The lowest BCUT2D eigenvalue weighted by Gasteiger charge is -2.33. The molecule has 3 heteroatoms. The molecule has 0 aliphatic carbocycles. The quantitative estimate of drug-likeness (QED) is 0.567. The van der Waals surface area contributed by atoms with Crippen molar-refractivity contribution >= 4 is 12.6 Å². The first kappa shape index (κ1) is 14.1. The van der Waals surface area contributed by atoms with Crippen LogP contribution in [0, 0.1) is 16.7 Å². The Morgan fingerprint density at radius 1 is 1.27 bits per heavy atom. The molecule has 0 aliphatic rings. The first-order valence-corrected chi connectivity index (χ1v) is 5.33. The molecule has 0 saturated heterocycles. The summed E-state index contributed by atoms with van der Waals surface area (Å²) >= 11 is 0. The van der Waals surface area contributed by atoms with Gasteiger partial charge in [0.25, 0.3) is 0 Å². The summed E-state index contributed by atoms with van der Waals surface area (Å²) in [6, 6.07) is 0. The Hall–Kier alpha value is -0.860. The molecule has 1 atom stereocenters. The molecule has 3 nitrogen and oxygen atoms in total. The maximum Gasteiger partial charge on any atom is 0.243 e. The number of rotatable bonds is 3. The Labute approximate surface area is 93.3 Å². The van der Waals surface area contributed by atoms with Gasteiger partial charge in [0.1, 0.15) is 0 Å². The smallest absolute Gasteiger partial charge is 0.243 e. The second-order valence-electron chi connectivity index (χ2n) is 6.32. The zero-order valence-corrected chi connectivity index (χ0v) is 10.8. The molecule has 15 heavy (non-hydrogen) atoms. The first-order valence-electron chi connectivity index (χ1n) is 5.33. The lowest BCUT2D eigenvalue weighted by Crippen LogP contribution is -2.38. The standard InChI is InChI=1S/C12H24N2O/c1-11(2,3)8-9(12(4,5)6)10(15)14-13-7/h9H,7-8H2,1-6H3,(H,14,15). The average molecular weight is 212 g/mol. The van der Waals surface area contributed by atoms with Gasteiger partial charge in [-0.05, 0) is 17.3 Å². The zero-order valence-electron chi connectivity index (χ0n) is 10.8. The van der Waals surface area contributed by atoms with Crippen molar-refractivity contribution < 1.29 is 4.79 Å². The van der Waals surface area contributed by atoms with Gasteiger partial charge in [-0.15, -0.1) is 0 Å². The molecule has 0 aliphatic heterocycles. The topological polar surface area (TPSA) is 41.5 Å². The van der Waals surface area contributed by atoms with E-state index < -0.39 is 0 Å². The van der Waals surface area contributed by atoms with Gasteiger partial charge in [-0.25, -0.2) is 5.43 Å². The number of hydrogen-bond acceptors (Lipinski definition) is 2. The monoisotopic (exact) mass is 212 g/mol. The minimum atomic E-state index is -0.0535. The van der Waals surface area contributed by atoms with Crippen molar-refractivity contribution in [3.05, 3.63) is 0 Å². The van der Waals surface area contributed by atoms with Gasteiger partial charge in [0, 0.05) is 12.6 Å². The van der Waals surface area contributed by atoms with Crippen molar-refractivity contribution in [2.75, 3.05) is 0 Å². The molecular formula is C12H24N2O. The van der Waals surface area contributed by atoms with E-state index in [0.29, 0.717) is 0 Å². The van der Waals surface area contributed by atoms with E-state index in [0.717, 1.165) is 6.42 Å². The highest BCUT2D eigenvalue weighted by atomic mass is 16.2. The molecule has 88 valence electrons. The van der Waals surface area contributed by atoms with Crippen LogP contribution in [0.3, 0.4) is 0 Å². The molecule has 1 unspecified atom stereocenters. The van der Waals surface area contributed by atoms with E-state index in [1.54, 1.807) is 0 Å². The summed E-state index contributed by atoms with van der Waals surface area (Å²) in [5.74, 6) is -0.0737.